The highest BCUT2D eigenvalue weighted by Gasteiger charge is 2.04. The summed E-state index contributed by atoms with van der Waals surface area (Å²) in [6.07, 6.45) is 3.42. The maximum absolute atomic E-state index is 10.7. The molecule has 0 spiro atoms. The topological polar surface area (TPSA) is 35.5 Å². The first kappa shape index (κ1) is 16.3. The van der Waals surface area contributed by atoms with Crippen molar-refractivity contribution in [3.05, 3.63) is 70.7 Å². The Morgan fingerprint density at radius 1 is 1.05 bits per heavy atom. The number of allylic oxidation sites excluding steroid dienone is 1. The van der Waals surface area contributed by atoms with Crippen LogP contribution < -0.4 is 9.47 Å². The lowest BCUT2D eigenvalue weighted by molar-refractivity contribution is 0.112. The minimum Gasteiger partial charge on any atom is -0.490 e. The molecule has 2 rings (SSSR count). The molecule has 0 fully saturated rings. The monoisotopic (exact) mass is 360 g/mol. The summed E-state index contributed by atoms with van der Waals surface area (Å²) in [4.78, 5) is 10.7. The van der Waals surface area contributed by atoms with Gasteiger partial charge in [0.2, 0.25) is 0 Å². The van der Waals surface area contributed by atoms with Gasteiger partial charge in [-0.2, -0.15) is 0 Å². The first-order chi connectivity index (χ1) is 10.7. The van der Waals surface area contributed by atoms with E-state index in [1.54, 1.807) is 18.2 Å². The van der Waals surface area contributed by atoms with Crippen LogP contribution in [0.15, 0.2) is 59.6 Å². The highest BCUT2D eigenvalue weighted by Crippen LogP contribution is 2.25. The molecule has 22 heavy (non-hydrogen) atoms. The van der Waals surface area contributed by atoms with Gasteiger partial charge in [-0.15, -0.1) is 6.58 Å². The average Bonchev–Trinajstić information content (AvgIpc) is 2.54. The molecule has 0 aliphatic carbocycles. The standard InChI is InChI=1S/C18H17BrO3/c1-2-5-15-6-3-4-7-17(15)21-10-11-22-18-9-8-14(13-20)12-16(18)19/h2-4,6-9,12-13H,1,5,10-11H2. The first-order valence-corrected chi connectivity index (χ1v) is 7.73. The van der Waals surface area contributed by atoms with Crippen LogP contribution in [-0.2, 0) is 6.42 Å². The van der Waals surface area contributed by atoms with Crippen molar-refractivity contribution in [2.24, 2.45) is 0 Å². The van der Waals surface area contributed by atoms with Crippen molar-refractivity contribution >= 4 is 22.2 Å². The van der Waals surface area contributed by atoms with E-state index < -0.39 is 0 Å². The lowest BCUT2D eigenvalue weighted by Crippen LogP contribution is -2.10. The molecule has 0 saturated carbocycles. The lowest BCUT2D eigenvalue weighted by Gasteiger charge is -2.12. The zero-order valence-corrected chi connectivity index (χ0v) is 13.7. The Balaban J connectivity index is 1.87. The smallest absolute Gasteiger partial charge is 0.150 e. The Morgan fingerprint density at radius 2 is 1.77 bits per heavy atom. The molecule has 0 heterocycles. The fraction of sp³-hybridized carbons (Fsp3) is 0.167. The second-order valence-electron chi connectivity index (χ2n) is 4.61. The van der Waals surface area contributed by atoms with Gasteiger partial charge in [0.05, 0.1) is 4.47 Å². The number of carbonyl (C=O) groups excluding carboxylic acids is 1. The summed E-state index contributed by atoms with van der Waals surface area (Å²) in [6.45, 7) is 4.61. The fourth-order valence-corrected chi connectivity index (χ4v) is 2.49. The predicted molar refractivity (Wildman–Crippen MR) is 90.9 cm³/mol. The molecule has 4 heteroatoms. The molecular formula is C18H17BrO3. The lowest BCUT2D eigenvalue weighted by atomic mass is 10.1. The van der Waals surface area contributed by atoms with Crippen LogP contribution in [0.5, 0.6) is 11.5 Å². The quantitative estimate of drug-likeness (QED) is 0.396. The van der Waals surface area contributed by atoms with E-state index in [0.29, 0.717) is 24.5 Å². The number of rotatable bonds is 8. The second kappa shape index (κ2) is 8.39. The van der Waals surface area contributed by atoms with Crippen molar-refractivity contribution in [2.45, 2.75) is 6.42 Å². The van der Waals surface area contributed by atoms with Crippen LogP contribution >= 0.6 is 15.9 Å². The highest BCUT2D eigenvalue weighted by atomic mass is 79.9. The molecule has 0 saturated heterocycles. The van der Waals surface area contributed by atoms with Gasteiger partial charge in [-0.3, -0.25) is 4.79 Å². The molecule has 0 aliphatic heterocycles. The van der Waals surface area contributed by atoms with Crippen molar-refractivity contribution in [3.8, 4) is 11.5 Å². The molecule has 0 radical (unpaired) electrons. The summed E-state index contributed by atoms with van der Waals surface area (Å²) in [7, 11) is 0. The van der Waals surface area contributed by atoms with Crippen molar-refractivity contribution in [3.63, 3.8) is 0 Å². The van der Waals surface area contributed by atoms with Crippen LogP contribution in [0.2, 0.25) is 0 Å². The Morgan fingerprint density at radius 3 is 2.45 bits per heavy atom. The Labute approximate surface area is 138 Å². The average molecular weight is 361 g/mol. The number of ether oxygens (including phenoxy) is 2. The Hall–Kier alpha value is -2.07. The van der Waals surface area contributed by atoms with Gasteiger partial charge in [0.15, 0.2) is 0 Å². The van der Waals surface area contributed by atoms with E-state index in [1.807, 2.05) is 30.3 Å². The molecule has 0 bridgehead atoms. The Kier molecular flexibility index (Phi) is 6.22. The zero-order valence-electron chi connectivity index (χ0n) is 12.1. The third-order valence-electron chi connectivity index (χ3n) is 3.03. The first-order valence-electron chi connectivity index (χ1n) is 6.93. The molecule has 0 amide bonds. The third kappa shape index (κ3) is 4.46. The number of benzene rings is 2. The number of hydrogen-bond acceptors (Lipinski definition) is 3. The van der Waals surface area contributed by atoms with Gasteiger partial charge in [0.1, 0.15) is 31.0 Å². The minimum atomic E-state index is 0.418. The minimum absolute atomic E-state index is 0.418. The molecule has 114 valence electrons. The van der Waals surface area contributed by atoms with Gasteiger partial charge in [-0.05, 0) is 52.2 Å². The summed E-state index contributed by atoms with van der Waals surface area (Å²) >= 11 is 3.38. The van der Waals surface area contributed by atoms with Crippen LogP contribution in [0.3, 0.4) is 0 Å². The van der Waals surface area contributed by atoms with E-state index in [1.165, 1.54) is 0 Å². The molecule has 0 aromatic heterocycles. The van der Waals surface area contributed by atoms with E-state index in [2.05, 4.69) is 22.5 Å². The van der Waals surface area contributed by atoms with Gasteiger partial charge in [-0.25, -0.2) is 0 Å². The molecular weight excluding hydrogens is 344 g/mol. The van der Waals surface area contributed by atoms with Crippen LogP contribution in [-0.4, -0.2) is 19.5 Å². The van der Waals surface area contributed by atoms with Gasteiger partial charge < -0.3 is 9.47 Å². The molecule has 2 aromatic carbocycles. The summed E-state index contributed by atoms with van der Waals surface area (Å²) < 4.78 is 12.2. The number of hydrogen-bond donors (Lipinski definition) is 0. The molecule has 0 aliphatic rings. The largest absolute Gasteiger partial charge is 0.490 e. The van der Waals surface area contributed by atoms with Crippen LogP contribution in [0.4, 0.5) is 0 Å². The molecule has 0 N–H and O–H groups in total. The van der Waals surface area contributed by atoms with Gasteiger partial charge in [0.25, 0.3) is 0 Å². The molecule has 2 aromatic rings. The van der Waals surface area contributed by atoms with Gasteiger partial charge in [-0.1, -0.05) is 24.3 Å². The van der Waals surface area contributed by atoms with Crippen molar-refractivity contribution in [1.82, 2.24) is 0 Å². The summed E-state index contributed by atoms with van der Waals surface area (Å²) in [5, 5.41) is 0. The van der Waals surface area contributed by atoms with Crippen LogP contribution in [0.25, 0.3) is 0 Å². The predicted octanol–water partition coefficient (Wildman–Crippen LogP) is 4.45. The Bertz CT molecular complexity index is 653. The van der Waals surface area contributed by atoms with E-state index >= 15 is 0 Å². The SMILES string of the molecule is C=CCc1ccccc1OCCOc1ccc(C=O)cc1Br. The molecule has 3 nitrogen and oxygen atoms in total. The summed E-state index contributed by atoms with van der Waals surface area (Å²) in [5.74, 6) is 1.54. The van der Waals surface area contributed by atoms with Crippen LogP contribution in [0.1, 0.15) is 15.9 Å². The third-order valence-corrected chi connectivity index (χ3v) is 3.65. The summed E-state index contributed by atoms with van der Waals surface area (Å²) in [6, 6.07) is 13.1. The molecule has 0 atom stereocenters. The summed E-state index contributed by atoms with van der Waals surface area (Å²) in [5.41, 5.74) is 1.71. The van der Waals surface area contributed by atoms with E-state index in [0.717, 1.165) is 28.5 Å². The normalized spacial score (nSPS) is 10.0. The van der Waals surface area contributed by atoms with Crippen LogP contribution in [0, 0.1) is 0 Å². The number of halogens is 1. The van der Waals surface area contributed by atoms with Gasteiger partial charge >= 0.3 is 0 Å². The molecule has 0 unspecified atom stereocenters. The number of para-hydroxylation sites is 1. The maximum Gasteiger partial charge on any atom is 0.150 e. The van der Waals surface area contributed by atoms with E-state index in [9.17, 15) is 4.79 Å². The number of aldehydes is 1. The number of carbonyl (C=O) groups is 1. The highest BCUT2D eigenvalue weighted by molar-refractivity contribution is 9.10. The van der Waals surface area contributed by atoms with Crippen molar-refractivity contribution in [1.29, 1.82) is 0 Å². The van der Waals surface area contributed by atoms with Crippen molar-refractivity contribution in [2.75, 3.05) is 13.2 Å². The maximum atomic E-state index is 10.7. The fourth-order valence-electron chi connectivity index (χ4n) is 1.98. The second-order valence-corrected chi connectivity index (χ2v) is 5.46. The van der Waals surface area contributed by atoms with Crippen molar-refractivity contribution < 1.29 is 14.3 Å². The zero-order chi connectivity index (χ0) is 15.8. The van der Waals surface area contributed by atoms with E-state index in [-0.39, 0.29) is 0 Å². The van der Waals surface area contributed by atoms with E-state index in [4.69, 9.17) is 9.47 Å². The van der Waals surface area contributed by atoms with Gasteiger partial charge in [0, 0.05) is 5.56 Å².